The Morgan fingerprint density at radius 2 is 2.19 bits per heavy atom. The van der Waals surface area contributed by atoms with Crippen molar-refractivity contribution in [3.8, 4) is 11.6 Å². The Hall–Kier alpha value is -4.27. The van der Waals surface area contributed by atoms with Gasteiger partial charge in [0.25, 0.3) is 5.91 Å². The van der Waals surface area contributed by atoms with Gasteiger partial charge in [0.15, 0.2) is 5.69 Å². The molecule has 0 spiro atoms. The first-order valence-corrected chi connectivity index (χ1v) is 9.71. The molecule has 0 atom stereocenters. The summed E-state index contributed by atoms with van der Waals surface area (Å²) in [5.74, 6) is 0.305. The smallest absolute Gasteiger partial charge is 0.293 e. The summed E-state index contributed by atoms with van der Waals surface area (Å²) in [6, 6.07) is 6.55. The van der Waals surface area contributed by atoms with Gasteiger partial charge in [-0.3, -0.25) is 14.6 Å². The minimum absolute atomic E-state index is 0.00353. The number of nitrogens with zero attached hydrogens (tertiary/aromatic N) is 7. The molecule has 1 amide bonds. The molecule has 14 nitrogen and oxygen atoms in total. The lowest BCUT2D eigenvalue weighted by Gasteiger charge is -2.16. The topological polar surface area (TPSA) is 204 Å². The SMILES string of the molecule is Cn1[nH]c(SCc2c(C(=O)N/N=C/c3ccccc3O)nnn2-c2nonc2N)c1N. The summed E-state index contributed by atoms with van der Waals surface area (Å²) < 4.78 is 7.54. The van der Waals surface area contributed by atoms with Crippen LogP contribution in [0.1, 0.15) is 21.7 Å². The van der Waals surface area contributed by atoms with E-state index in [0.29, 0.717) is 17.1 Å². The molecule has 7 N–H and O–H groups in total. The summed E-state index contributed by atoms with van der Waals surface area (Å²) in [7, 11) is 1.77. The number of H-pyrrole nitrogens is 1. The highest BCUT2D eigenvalue weighted by Gasteiger charge is 2.24. The Morgan fingerprint density at radius 1 is 1.39 bits per heavy atom. The molecule has 31 heavy (non-hydrogen) atoms. The Bertz CT molecular complexity index is 1250. The first-order chi connectivity index (χ1) is 15.0. The molecule has 1 aromatic carbocycles. The molecule has 0 saturated heterocycles. The molecular formula is C16H17N11O3S. The monoisotopic (exact) mass is 443 g/mol. The number of benzene rings is 1. The first-order valence-electron chi connectivity index (χ1n) is 8.73. The molecule has 4 aromatic rings. The average molecular weight is 443 g/mol. The molecule has 4 rings (SSSR count). The Balaban J connectivity index is 1.58. The molecule has 3 heterocycles. The minimum atomic E-state index is -0.621. The van der Waals surface area contributed by atoms with Gasteiger partial charge in [0.05, 0.1) is 11.9 Å². The summed E-state index contributed by atoms with van der Waals surface area (Å²) in [4.78, 5) is 12.7. The van der Waals surface area contributed by atoms with Crippen LogP contribution in [0.3, 0.4) is 0 Å². The second-order valence-corrected chi connectivity index (χ2v) is 7.19. The Morgan fingerprint density at radius 3 is 2.87 bits per heavy atom. The summed E-state index contributed by atoms with van der Waals surface area (Å²) in [5.41, 5.74) is 14.8. The van der Waals surface area contributed by atoms with E-state index in [-0.39, 0.29) is 28.8 Å². The summed E-state index contributed by atoms with van der Waals surface area (Å²) in [5, 5.41) is 32.5. The van der Waals surface area contributed by atoms with Gasteiger partial charge in [-0.25, -0.2) is 10.1 Å². The minimum Gasteiger partial charge on any atom is -0.507 e. The molecule has 0 radical (unpaired) electrons. The molecule has 0 fully saturated rings. The summed E-state index contributed by atoms with van der Waals surface area (Å²) in [6.07, 6.45) is 1.31. The highest BCUT2D eigenvalue weighted by atomic mass is 32.2. The van der Waals surface area contributed by atoms with E-state index in [1.54, 1.807) is 29.9 Å². The number of hydrogen-bond acceptors (Lipinski definition) is 11. The number of nitrogens with two attached hydrogens (primary N) is 2. The van der Waals surface area contributed by atoms with E-state index in [2.05, 4.69) is 40.9 Å². The van der Waals surface area contributed by atoms with Gasteiger partial charge in [-0.15, -0.1) is 5.10 Å². The van der Waals surface area contributed by atoms with Gasteiger partial charge in [-0.1, -0.05) is 29.1 Å². The van der Waals surface area contributed by atoms with E-state index in [4.69, 9.17) is 11.5 Å². The number of carbonyl (C=O) groups excluding carboxylic acids is 1. The number of nitrogen functional groups attached to an aromatic ring is 2. The number of thioether (sulfide) groups is 1. The maximum Gasteiger partial charge on any atom is 0.293 e. The van der Waals surface area contributed by atoms with Crippen molar-refractivity contribution in [1.82, 2.24) is 40.5 Å². The van der Waals surface area contributed by atoms with Crippen LogP contribution in [0.4, 0.5) is 11.6 Å². The van der Waals surface area contributed by atoms with Gasteiger partial charge in [-0.05, 0) is 22.4 Å². The largest absolute Gasteiger partial charge is 0.507 e. The number of phenols is 1. The van der Waals surface area contributed by atoms with Crippen molar-refractivity contribution in [2.75, 3.05) is 11.5 Å². The third-order valence-corrected chi connectivity index (χ3v) is 5.20. The quantitative estimate of drug-likeness (QED) is 0.149. The van der Waals surface area contributed by atoms with Crippen LogP contribution in [0.25, 0.3) is 5.82 Å². The van der Waals surface area contributed by atoms with Crippen molar-refractivity contribution in [3.63, 3.8) is 0 Å². The van der Waals surface area contributed by atoms with Crippen LogP contribution in [-0.2, 0) is 12.8 Å². The third kappa shape index (κ3) is 3.93. The maximum absolute atomic E-state index is 12.7. The van der Waals surface area contributed by atoms with Crippen LogP contribution in [0.5, 0.6) is 5.75 Å². The number of hydrogen-bond donors (Lipinski definition) is 5. The zero-order chi connectivity index (χ0) is 22.0. The van der Waals surface area contributed by atoms with E-state index in [9.17, 15) is 9.90 Å². The van der Waals surface area contributed by atoms with Crippen LogP contribution in [0.15, 0.2) is 39.0 Å². The number of phenolic OH excluding ortho intramolecular Hbond substituents is 1. The maximum atomic E-state index is 12.7. The molecule has 0 aliphatic carbocycles. The number of aromatic hydroxyl groups is 1. The lowest BCUT2D eigenvalue weighted by molar-refractivity contribution is 0.0949. The number of nitrogens with one attached hydrogen (secondary N) is 2. The number of rotatable bonds is 7. The molecule has 3 aromatic heterocycles. The van der Waals surface area contributed by atoms with Crippen molar-refractivity contribution >= 4 is 35.5 Å². The van der Waals surface area contributed by atoms with Crippen LogP contribution in [0.2, 0.25) is 0 Å². The zero-order valence-corrected chi connectivity index (χ0v) is 16.9. The van der Waals surface area contributed by atoms with Crippen LogP contribution in [0, 0.1) is 0 Å². The Kier molecular flexibility index (Phi) is 5.31. The number of amides is 1. The van der Waals surface area contributed by atoms with E-state index in [1.807, 2.05) is 0 Å². The van der Waals surface area contributed by atoms with Crippen LogP contribution < -0.4 is 16.9 Å². The molecule has 0 aliphatic rings. The number of aromatic amines is 1. The lowest BCUT2D eigenvalue weighted by Crippen LogP contribution is -2.20. The van der Waals surface area contributed by atoms with Crippen molar-refractivity contribution in [3.05, 3.63) is 41.2 Å². The molecule has 15 heteroatoms. The predicted molar refractivity (Wildman–Crippen MR) is 111 cm³/mol. The van der Waals surface area contributed by atoms with Crippen LogP contribution in [-0.4, -0.2) is 52.3 Å². The average Bonchev–Trinajstić information content (AvgIpc) is 3.37. The summed E-state index contributed by atoms with van der Waals surface area (Å²) in [6.45, 7) is 0. The highest BCUT2D eigenvalue weighted by molar-refractivity contribution is 7.98. The van der Waals surface area contributed by atoms with E-state index < -0.39 is 5.91 Å². The Labute approximate surface area is 178 Å². The number of carbonyl (C=O) groups is 1. The van der Waals surface area contributed by atoms with Gasteiger partial charge in [0, 0.05) is 18.4 Å². The molecule has 0 unspecified atom stereocenters. The van der Waals surface area contributed by atoms with E-state index in [1.165, 1.54) is 28.7 Å². The van der Waals surface area contributed by atoms with Gasteiger partial charge in [0.2, 0.25) is 11.6 Å². The second kappa shape index (κ2) is 8.23. The fourth-order valence-electron chi connectivity index (χ4n) is 2.54. The van der Waals surface area contributed by atoms with Crippen LogP contribution >= 0.6 is 11.8 Å². The predicted octanol–water partition coefficient (Wildman–Crippen LogP) is 0.243. The zero-order valence-electron chi connectivity index (χ0n) is 16.1. The molecule has 0 saturated carbocycles. The van der Waals surface area contributed by atoms with E-state index in [0.717, 1.165) is 5.03 Å². The van der Waals surface area contributed by atoms with Crippen molar-refractivity contribution in [1.29, 1.82) is 0 Å². The third-order valence-electron chi connectivity index (χ3n) is 4.20. The number of aromatic nitrogens is 7. The van der Waals surface area contributed by atoms with Gasteiger partial charge >= 0.3 is 0 Å². The number of anilines is 2. The van der Waals surface area contributed by atoms with Crippen molar-refractivity contribution in [2.24, 2.45) is 12.1 Å². The highest BCUT2D eigenvalue weighted by Crippen LogP contribution is 2.29. The molecule has 0 aliphatic heterocycles. The fraction of sp³-hybridized carbons (Fsp3) is 0.125. The standard InChI is InChI=1S/C16H17N11O3S/c1-26-13(18)16(22-26)31-7-9-11(20-25-27(9)14-12(17)23-30-24-14)15(29)21-19-6-8-4-2-3-5-10(8)28/h2-6,22,28H,7,18H2,1H3,(H2,17,23)(H,21,29)/b19-6+. The van der Waals surface area contributed by atoms with Crippen molar-refractivity contribution in [2.45, 2.75) is 10.8 Å². The normalized spacial score (nSPS) is 11.4. The summed E-state index contributed by atoms with van der Waals surface area (Å²) >= 11 is 1.33. The van der Waals surface area contributed by atoms with Gasteiger partial charge < -0.3 is 16.6 Å². The lowest BCUT2D eigenvalue weighted by atomic mass is 10.2. The van der Waals surface area contributed by atoms with Gasteiger partial charge in [0.1, 0.15) is 16.6 Å². The van der Waals surface area contributed by atoms with Crippen molar-refractivity contribution < 1.29 is 14.5 Å². The van der Waals surface area contributed by atoms with Gasteiger partial charge in [-0.2, -0.15) is 9.78 Å². The fourth-order valence-corrected chi connectivity index (χ4v) is 3.57. The van der Waals surface area contributed by atoms with E-state index >= 15 is 0 Å². The molecule has 0 bridgehead atoms. The molecule has 160 valence electrons. The number of para-hydroxylation sites is 1. The molecular weight excluding hydrogens is 426 g/mol. The second-order valence-electron chi connectivity index (χ2n) is 6.20. The number of hydrazone groups is 1. The number of aryl methyl sites for hydroxylation is 1. The first kappa shape index (κ1) is 20.0.